The Labute approximate surface area is 137 Å². The highest BCUT2D eigenvalue weighted by Crippen LogP contribution is 2.20. The molecule has 0 spiro atoms. The SMILES string of the molecule is c1ccc(-c2nc(CNc3nnc(-c4ccncc4)o3)co2)cc1. The van der Waals surface area contributed by atoms with E-state index in [1.54, 1.807) is 30.8 Å². The van der Waals surface area contributed by atoms with Crippen LogP contribution in [-0.2, 0) is 6.54 Å². The van der Waals surface area contributed by atoms with E-state index in [2.05, 4.69) is 25.5 Å². The molecule has 0 atom stereocenters. The van der Waals surface area contributed by atoms with E-state index in [0.717, 1.165) is 16.8 Å². The number of aromatic nitrogens is 4. The van der Waals surface area contributed by atoms with Crippen molar-refractivity contribution in [3.63, 3.8) is 0 Å². The summed E-state index contributed by atoms with van der Waals surface area (Å²) in [6.45, 7) is 0.425. The second-order valence-corrected chi connectivity index (χ2v) is 5.01. The molecule has 7 nitrogen and oxygen atoms in total. The fraction of sp³-hybridized carbons (Fsp3) is 0.0588. The number of rotatable bonds is 5. The molecule has 4 rings (SSSR count). The minimum Gasteiger partial charge on any atom is -0.444 e. The molecular formula is C17H13N5O2. The van der Waals surface area contributed by atoms with Crippen molar-refractivity contribution in [2.75, 3.05) is 5.32 Å². The van der Waals surface area contributed by atoms with Gasteiger partial charge in [0, 0.05) is 23.5 Å². The van der Waals surface area contributed by atoms with Gasteiger partial charge in [-0.05, 0) is 24.3 Å². The van der Waals surface area contributed by atoms with Crippen LogP contribution in [0.1, 0.15) is 5.69 Å². The van der Waals surface area contributed by atoms with Crippen LogP contribution in [0, 0.1) is 0 Å². The summed E-state index contributed by atoms with van der Waals surface area (Å²) in [5.41, 5.74) is 2.50. The van der Waals surface area contributed by atoms with Gasteiger partial charge in [-0.25, -0.2) is 4.98 Å². The third-order valence-corrected chi connectivity index (χ3v) is 3.35. The third-order valence-electron chi connectivity index (χ3n) is 3.35. The number of hydrogen-bond donors (Lipinski definition) is 1. The monoisotopic (exact) mass is 319 g/mol. The van der Waals surface area contributed by atoms with Crippen LogP contribution in [0.5, 0.6) is 0 Å². The van der Waals surface area contributed by atoms with E-state index in [1.807, 2.05) is 30.3 Å². The number of pyridine rings is 1. The Kier molecular flexibility index (Phi) is 3.73. The van der Waals surface area contributed by atoms with E-state index < -0.39 is 0 Å². The average molecular weight is 319 g/mol. The van der Waals surface area contributed by atoms with Crippen molar-refractivity contribution >= 4 is 6.01 Å². The number of nitrogens with zero attached hydrogens (tertiary/aromatic N) is 4. The van der Waals surface area contributed by atoms with Gasteiger partial charge in [-0.2, -0.15) is 0 Å². The lowest BCUT2D eigenvalue weighted by molar-refractivity contribution is 0.571. The molecule has 0 unspecified atom stereocenters. The zero-order valence-electron chi connectivity index (χ0n) is 12.6. The third kappa shape index (κ3) is 3.00. The highest BCUT2D eigenvalue weighted by molar-refractivity contribution is 5.53. The fourth-order valence-corrected chi connectivity index (χ4v) is 2.17. The predicted octanol–water partition coefficient (Wildman–Crippen LogP) is 3.40. The van der Waals surface area contributed by atoms with Crippen LogP contribution in [0.2, 0.25) is 0 Å². The van der Waals surface area contributed by atoms with Crippen LogP contribution in [0.15, 0.2) is 70.0 Å². The van der Waals surface area contributed by atoms with E-state index in [9.17, 15) is 0 Å². The van der Waals surface area contributed by atoms with Gasteiger partial charge in [-0.15, -0.1) is 5.10 Å². The zero-order chi connectivity index (χ0) is 16.2. The zero-order valence-corrected chi connectivity index (χ0v) is 12.6. The Morgan fingerprint density at radius 2 is 1.67 bits per heavy atom. The molecule has 0 amide bonds. The Morgan fingerprint density at radius 3 is 2.50 bits per heavy atom. The van der Waals surface area contributed by atoms with E-state index >= 15 is 0 Å². The summed E-state index contributed by atoms with van der Waals surface area (Å²) in [6, 6.07) is 13.7. The van der Waals surface area contributed by atoms with Gasteiger partial charge in [0.05, 0.1) is 12.2 Å². The van der Waals surface area contributed by atoms with Crippen molar-refractivity contribution in [1.82, 2.24) is 20.2 Å². The van der Waals surface area contributed by atoms with Gasteiger partial charge in [0.15, 0.2) is 0 Å². The molecule has 1 aromatic carbocycles. The summed E-state index contributed by atoms with van der Waals surface area (Å²) in [5.74, 6) is 1.01. The highest BCUT2D eigenvalue weighted by Gasteiger charge is 2.10. The van der Waals surface area contributed by atoms with Crippen LogP contribution in [0.25, 0.3) is 22.9 Å². The number of nitrogens with one attached hydrogen (secondary N) is 1. The number of benzene rings is 1. The number of oxazole rings is 1. The summed E-state index contributed by atoms with van der Waals surface area (Å²) in [4.78, 5) is 8.39. The molecule has 0 aliphatic rings. The lowest BCUT2D eigenvalue weighted by Gasteiger charge is -1.96. The van der Waals surface area contributed by atoms with Crippen molar-refractivity contribution in [2.24, 2.45) is 0 Å². The predicted molar refractivity (Wildman–Crippen MR) is 86.8 cm³/mol. The summed E-state index contributed by atoms with van der Waals surface area (Å²) in [7, 11) is 0. The molecule has 0 bridgehead atoms. The van der Waals surface area contributed by atoms with Crippen LogP contribution in [0.3, 0.4) is 0 Å². The smallest absolute Gasteiger partial charge is 0.316 e. The first-order valence-electron chi connectivity index (χ1n) is 7.36. The van der Waals surface area contributed by atoms with Crippen molar-refractivity contribution in [2.45, 2.75) is 6.54 Å². The van der Waals surface area contributed by atoms with Gasteiger partial charge >= 0.3 is 6.01 Å². The van der Waals surface area contributed by atoms with Crippen molar-refractivity contribution in [3.05, 3.63) is 66.8 Å². The average Bonchev–Trinajstić information content (AvgIpc) is 3.31. The molecule has 0 aliphatic heterocycles. The molecule has 1 N–H and O–H groups in total. The van der Waals surface area contributed by atoms with Gasteiger partial charge in [0.2, 0.25) is 11.8 Å². The second-order valence-electron chi connectivity index (χ2n) is 5.01. The Bertz CT molecular complexity index is 841. The van der Waals surface area contributed by atoms with E-state index in [-0.39, 0.29) is 0 Å². The highest BCUT2D eigenvalue weighted by atomic mass is 16.4. The van der Waals surface area contributed by atoms with Gasteiger partial charge in [-0.3, -0.25) is 4.98 Å². The van der Waals surface area contributed by atoms with Crippen LogP contribution in [-0.4, -0.2) is 20.2 Å². The molecular weight excluding hydrogens is 306 g/mol. The quantitative estimate of drug-likeness (QED) is 0.603. The molecule has 3 aromatic heterocycles. The van der Waals surface area contributed by atoms with E-state index in [4.69, 9.17) is 8.83 Å². The van der Waals surface area contributed by atoms with Crippen molar-refractivity contribution in [1.29, 1.82) is 0 Å². The minimum absolute atomic E-state index is 0.325. The first-order chi connectivity index (χ1) is 11.9. The summed E-state index contributed by atoms with van der Waals surface area (Å²) in [5, 5.41) is 11.0. The summed E-state index contributed by atoms with van der Waals surface area (Å²) < 4.78 is 11.1. The number of anilines is 1. The Hall–Kier alpha value is -3.48. The molecule has 118 valence electrons. The van der Waals surface area contributed by atoms with Crippen LogP contribution >= 0.6 is 0 Å². The molecule has 24 heavy (non-hydrogen) atoms. The molecule has 0 fully saturated rings. The van der Waals surface area contributed by atoms with Crippen molar-refractivity contribution < 1.29 is 8.83 Å². The van der Waals surface area contributed by atoms with Gasteiger partial charge in [-0.1, -0.05) is 23.3 Å². The summed E-state index contributed by atoms with van der Waals surface area (Å²) >= 11 is 0. The molecule has 0 aliphatic carbocycles. The minimum atomic E-state index is 0.325. The van der Waals surface area contributed by atoms with Gasteiger partial charge < -0.3 is 14.2 Å². The molecule has 0 saturated heterocycles. The van der Waals surface area contributed by atoms with Gasteiger partial charge in [0.25, 0.3) is 0 Å². The van der Waals surface area contributed by atoms with E-state index in [1.165, 1.54) is 0 Å². The molecule has 7 heteroatoms. The maximum absolute atomic E-state index is 5.56. The first kappa shape index (κ1) is 14.1. The fourth-order valence-electron chi connectivity index (χ4n) is 2.17. The van der Waals surface area contributed by atoms with Crippen LogP contribution in [0.4, 0.5) is 6.01 Å². The second kappa shape index (κ2) is 6.33. The lowest BCUT2D eigenvalue weighted by atomic mass is 10.2. The molecule has 3 heterocycles. The van der Waals surface area contributed by atoms with Crippen LogP contribution < -0.4 is 5.32 Å². The topological polar surface area (TPSA) is 89.9 Å². The Balaban J connectivity index is 1.43. The standard InChI is InChI=1S/C17H13N5O2/c1-2-4-12(5-3-1)15-20-14(11-23-15)10-19-17-22-21-16(24-17)13-6-8-18-9-7-13/h1-9,11H,10H2,(H,19,22). The van der Waals surface area contributed by atoms with E-state index in [0.29, 0.717) is 24.3 Å². The molecule has 0 saturated carbocycles. The maximum atomic E-state index is 5.56. The molecule has 0 radical (unpaired) electrons. The number of hydrogen-bond acceptors (Lipinski definition) is 7. The first-order valence-corrected chi connectivity index (χ1v) is 7.36. The van der Waals surface area contributed by atoms with Crippen molar-refractivity contribution in [3.8, 4) is 22.9 Å². The lowest BCUT2D eigenvalue weighted by Crippen LogP contribution is -1.99. The van der Waals surface area contributed by atoms with Gasteiger partial charge in [0.1, 0.15) is 6.26 Å². The largest absolute Gasteiger partial charge is 0.444 e. The normalized spacial score (nSPS) is 10.7. The summed E-state index contributed by atoms with van der Waals surface area (Å²) in [6.07, 6.45) is 4.95. The Morgan fingerprint density at radius 1 is 0.875 bits per heavy atom. The molecule has 4 aromatic rings. The maximum Gasteiger partial charge on any atom is 0.316 e.